The van der Waals surface area contributed by atoms with Crippen molar-refractivity contribution in [1.82, 2.24) is 14.9 Å². The van der Waals surface area contributed by atoms with Crippen molar-refractivity contribution in [2.45, 2.75) is 39.2 Å². The molecule has 3 heterocycles. The van der Waals surface area contributed by atoms with Crippen LogP contribution in [0.4, 0.5) is 5.82 Å². The lowest BCUT2D eigenvalue weighted by Gasteiger charge is -2.32. The Kier molecular flexibility index (Phi) is 6.63. The highest BCUT2D eigenvalue weighted by Gasteiger charge is 2.25. The molecule has 0 atom stereocenters. The minimum atomic E-state index is 0.0380. The van der Waals surface area contributed by atoms with Crippen molar-refractivity contribution in [2.24, 2.45) is 5.92 Å². The van der Waals surface area contributed by atoms with E-state index in [9.17, 15) is 4.79 Å². The fourth-order valence-electron chi connectivity index (χ4n) is 3.08. The number of nitrogens with one attached hydrogen (secondary N) is 1. The van der Waals surface area contributed by atoms with Gasteiger partial charge in [0.2, 0.25) is 0 Å². The molecule has 144 valence electrons. The number of piperidine rings is 1. The topological polar surface area (TPSA) is 67.4 Å². The molecule has 0 saturated carbocycles. The fourth-order valence-corrected chi connectivity index (χ4v) is 3.08. The molecule has 0 unspecified atom stereocenters. The number of pyridine rings is 2. The molecule has 2 aromatic heterocycles. The molecule has 27 heavy (non-hydrogen) atoms. The standard InChI is InChI=1S/C21H28N4O2/c1-16(2)7-11-23-20-6-5-17(14-24-20)21(26)25-12-8-18(9-13-25)27-19-4-3-10-22-15-19/h3-6,10,14-16,18H,7-9,11-13H2,1-2H3,(H,23,24). The number of rotatable bonds is 7. The first-order valence-electron chi connectivity index (χ1n) is 9.67. The van der Waals surface area contributed by atoms with Crippen LogP contribution in [0.15, 0.2) is 42.9 Å². The summed E-state index contributed by atoms with van der Waals surface area (Å²) in [6.45, 7) is 6.67. The number of hydrogen-bond donors (Lipinski definition) is 1. The molecular formula is C21H28N4O2. The Balaban J connectivity index is 1.47. The van der Waals surface area contributed by atoms with E-state index in [1.807, 2.05) is 29.2 Å². The monoisotopic (exact) mass is 368 g/mol. The highest BCUT2D eigenvalue weighted by atomic mass is 16.5. The second-order valence-electron chi connectivity index (χ2n) is 7.34. The van der Waals surface area contributed by atoms with E-state index in [0.717, 1.165) is 37.4 Å². The number of nitrogens with zero attached hydrogens (tertiary/aromatic N) is 3. The average molecular weight is 368 g/mol. The zero-order chi connectivity index (χ0) is 19.1. The normalized spacial score (nSPS) is 15.0. The summed E-state index contributed by atoms with van der Waals surface area (Å²) in [4.78, 5) is 23.0. The van der Waals surface area contributed by atoms with Crippen molar-refractivity contribution in [3.63, 3.8) is 0 Å². The molecular weight excluding hydrogens is 340 g/mol. The number of ether oxygens (including phenoxy) is 1. The van der Waals surface area contributed by atoms with Crippen molar-refractivity contribution in [3.05, 3.63) is 48.4 Å². The predicted octanol–water partition coefficient (Wildman–Crippen LogP) is 3.62. The van der Waals surface area contributed by atoms with Crippen molar-refractivity contribution in [2.75, 3.05) is 25.0 Å². The molecule has 3 rings (SSSR count). The lowest BCUT2D eigenvalue weighted by atomic mass is 10.1. The Hall–Kier alpha value is -2.63. The summed E-state index contributed by atoms with van der Waals surface area (Å²) in [6, 6.07) is 7.51. The number of anilines is 1. The second kappa shape index (κ2) is 9.35. The SMILES string of the molecule is CC(C)CCNc1ccc(C(=O)N2CCC(Oc3cccnc3)CC2)cn1. The van der Waals surface area contributed by atoms with Gasteiger partial charge in [-0.2, -0.15) is 0 Å². The number of carbonyl (C=O) groups is 1. The van der Waals surface area contributed by atoms with Crippen LogP contribution in [0, 0.1) is 5.92 Å². The molecule has 6 heteroatoms. The van der Waals surface area contributed by atoms with Crippen molar-refractivity contribution in [1.29, 1.82) is 0 Å². The van der Waals surface area contributed by atoms with Gasteiger partial charge in [0.05, 0.1) is 11.8 Å². The Morgan fingerprint density at radius 3 is 2.70 bits per heavy atom. The first kappa shape index (κ1) is 19.1. The molecule has 1 saturated heterocycles. The summed E-state index contributed by atoms with van der Waals surface area (Å²) in [6.07, 6.45) is 7.99. The summed E-state index contributed by atoms with van der Waals surface area (Å²) in [5.74, 6) is 2.29. The zero-order valence-corrected chi connectivity index (χ0v) is 16.1. The van der Waals surface area contributed by atoms with Gasteiger partial charge in [-0.25, -0.2) is 4.98 Å². The van der Waals surface area contributed by atoms with E-state index < -0.39 is 0 Å². The molecule has 0 bridgehead atoms. The van der Waals surface area contributed by atoms with Gasteiger partial charge < -0.3 is 15.0 Å². The van der Waals surface area contributed by atoms with Crippen LogP contribution in [-0.4, -0.2) is 46.5 Å². The smallest absolute Gasteiger partial charge is 0.255 e. The molecule has 0 radical (unpaired) electrons. The molecule has 0 aliphatic carbocycles. The lowest BCUT2D eigenvalue weighted by Crippen LogP contribution is -2.41. The second-order valence-corrected chi connectivity index (χ2v) is 7.34. The van der Waals surface area contributed by atoms with E-state index in [1.54, 1.807) is 18.6 Å². The number of likely N-dealkylation sites (tertiary alicyclic amines) is 1. The van der Waals surface area contributed by atoms with Crippen molar-refractivity contribution >= 4 is 11.7 Å². The number of amides is 1. The maximum atomic E-state index is 12.7. The summed E-state index contributed by atoms with van der Waals surface area (Å²) in [5, 5.41) is 3.29. The van der Waals surface area contributed by atoms with E-state index in [2.05, 4.69) is 29.1 Å². The fraction of sp³-hybridized carbons (Fsp3) is 0.476. The molecule has 2 aromatic rings. The molecule has 0 aromatic carbocycles. The van der Waals surface area contributed by atoms with Gasteiger partial charge in [0.1, 0.15) is 17.7 Å². The van der Waals surface area contributed by atoms with Crippen LogP contribution >= 0.6 is 0 Å². The van der Waals surface area contributed by atoms with E-state index in [1.165, 1.54) is 0 Å². The Labute approximate surface area is 161 Å². The van der Waals surface area contributed by atoms with Gasteiger partial charge in [0, 0.05) is 44.9 Å². The highest BCUT2D eigenvalue weighted by molar-refractivity contribution is 5.94. The molecule has 1 fully saturated rings. The summed E-state index contributed by atoms with van der Waals surface area (Å²) in [7, 11) is 0. The van der Waals surface area contributed by atoms with E-state index >= 15 is 0 Å². The van der Waals surface area contributed by atoms with Crippen LogP contribution < -0.4 is 10.1 Å². The van der Waals surface area contributed by atoms with E-state index in [0.29, 0.717) is 24.6 Å². The van der Waals surface area contributed by atoms with E-state index in [-0.39, 0.29) is 12.0 Å². The van der Waals surface area contributed by atoms with Gasteiger partial charge in [-0.05, 0) is 36.6 Å². The van der Waals surface area contributed by atoms with Gasteiger partial charge in [-0.15, -0.1) is 0 Å². The zero-order valence-electron chi connectivity index (χ0n) is 16.1. The maximum absolute atomic E-state index is 12.7. The van der Waals surface area contributed by atoms with Crippen molar-refractivity contribution in [3.8, 4) is 5.75 Å². The van der Waals surface area contributed by atoms with Crippen LogP contribution in [0.5, 0.6) is 5.75 Å². The molecule has 6 nitrogen and oxygen atoms in total. The number of aromatic nitrogens is 2. The van der Waals surface area contributed by atoms with Crippen LogP contribution in [0.2, 0.25) is 0 Å². The van der Waals surface area contributed by atoms with Crippen LogP contribution in [0.1, 0.15) is 43.5 Å². The number of carbonyl (C=O) groups excluding carboxylic acids is 1. The average Bonchev–Trinajstić information content (AvgIpc) is 2.69. The largest absolute Gasteiger partial charge is 0.489 e. The Bertz CT molecular complexity index is 711. The van der Waals surface area contributed by atoms with Crippen LogP contribution in [-0.2, 0) is 0 Å². The van der Waals surface area contributed by atoms with Crippen LogP contribution in [0.25, 0.3) is 0 Å². The first-order chi connectivity index (χ1) is 13.1. The quantitative estimate of drug-likeness (QED) is 0.808. The maximum Gasteiger partial charge on any atom is 0.255 e. The summed E-state index contributed by atoms with van der Waals surface area (Å²) < 4.78 is 5.94. The van der Waals surface area contributed by atoms with Gasteiger partial charge in [-0.1, -0.05) is 13.8 Å². The third-order valence-electron chi connectivity index (χ3n) is 4.70. The minimum absolute atomic E-state index is 0.0380. The van der Waals surface area contributed by atoms with Gasteiger partial charge >= 0.3 is 0 Å². The number of hydrogen-bond acceptors (Lipinski definition) is 5. The van der Waals surface area contributed by atoms with Gasteiger partial charge in [-0.3, -0.25) is 9.78 Å². The van der Waals surface area contributed by atoms with Crippen molar-refractivity contribution < 1.29 is 9.53 Å². The van der Waals surface area contributed by atoms with Gasteiger partial charge in [0.25, 0.3) is 5.91 Å². The molecule has 1 aliphatic heterocycles. The summed E-state index contributed by atoms with van der Waals surface area (Å²) in [5.41, 5.74) is 0.635. The predicted molar refractivity (Wildman–Crippen MR) is 106 cm³/mol. The molecule has 1 N–H and O–H groups in total. The molecule has 1 amide bonds. The highest BCUT2D eigenvalue weighted by Crippen LogP contribution is 2.19. The van der Waals surface area contributed by atoms with Gasteiger partial charge in [0.15, 0.2) is 0 Å². The summed E-state index contributed by atoms with van der Waals surface area (Å²) >= 11 is 0. The minimum Gasteiger partial charge on any atom is -0.489 e. The van der Waals surface area contributed by atoms with Crippen LogP contribution in [0.3, 0.4) is 0 Å². The lowest BCUT2D eigenvalue weighted by molar-refractivity contribution is 0.0594. The van der Waals surface area contributed by atoms with E-state index in [4.69, 9.17) is 4.74 Å². The Morgan fingerprint density at radius 1 is 1.26 bits per heavy atom. The molecule has 1 aliphatic rings. The third kappa shape index (κ3) is 5.67. The Morgan fingerprint density at radius 2 is 2.07 bits per heavy atom. The molecule has 0 spiro atoms. The first-order valence-corrected chi connectivity index (χ1v) is 9.67. The third-order valence-corrected chi connectivity index (χ3v) is 4.70.